The molecule has 1 fully saturated rings. The van der Waals surface area contributed by atoms with Gasteiger partial charge in [-0.3, -0.25) is 4.79 Å². The number of nitrogen functional groups attached to an aromatic ring is 1. The van der Waals surface area contributed by atoms with E-state index in [1.807, 2.05) is 35.2 Å². The van der Waals surface area contributed by atoms with Gasteiger partial charge in [0.1, 0.15) is 5.82 Å². The Hall–Kier alpha value is -2.10. The maximum atomic E-state index is 11.6. The van der Waals surface area contributed by atoms with Crippen molar-refractivity contribution in [3.05, 3.63) is 35.9 Å². The van der Waals surface area contributed by atoms with Gasteiger partial charge in [0.05, 0.1) is 5.52 Å². The number of fused-ring (bicyclic) bond motifs is 1. The van der Waals surface area contributed by atoms with E-state index >= 15 is 0 Å². The van der Waals surface area contributed by atoms with Crippen LogP contribution in [0.2, 0.25) is 0 Å². The van der Waals surface area contributed by atoms with Crippen LogP contribution < -0.4 is 5.73 Å². The normalized spacial score (nSPS) is 15.6. The average Bonchev–Trinajstić information content (AvgIpc) is 2.76. The topological polar surface area (TPSA) is 59.2 Å². The molecule has 2 heterocycles. The third-order valence-corrected chi connectivity index (χ3v) is 3.37. The highest BCUT2D eigenvalue weighted by atomic mass is 16.2. The minimum Gasteiger partial charge on any atom is -0.383 e. The zero-order valence-corrected chi connectivity index (χ0v) is 10.1. The minimum absolute atomic E-state index is 0.211. The predicted molar refractivity (Wildman–Crippen MR) is 70.8 cm³/mol. The Bertz CT molecular complexity index is 609. The van der Waals surface area contributed by atoms with Crippen molar-refractivity contribution in [3.8, 4) is 0 Å². The zero-order chi connectivity index (χ0) is 12.5. The van der Waals surface area contributed by atoms with Crippen LogP contribution in [0.25, 0.3) is 10.9 Å². The number of rotatable bonds is 2. The molecule has 0 spiro atoms. The van der Waals surface area contributed by atoms with Gasteiger partial charge in [0, 0.05) is 30.5 Å². The van der Waals surface area contributed by atoms with Crippen LogP contribution in [0.4, 0.5) is 5.82 Å². The van der Waals surface area contributed by atoms with Gasteiger partial charge in [-0.1, -0.05) is 18.2 Å². The molecule has 0 bridgehead atoms. The molecule has 92 valence electrons. The van der Waals surface area contributed by atoms with Crippen molar-refractivity contribution in [1.82, 2.24) is 9.88 Å². The van der Waals surface area contributed by atoms with Crippen LogP contribution in [0.3, 0.4) is 0 Å². The van der Waals surface area contributed by atoms with Crippen LogP contribution in [0.5, 0.6) is 0 Å². The first-order valence-corrected chi connectivity index (χ1v) is 6.16. The molecule has 2 aromatic rings. The number of pyridine rings is 1. The minimum atomic E-state index is 0.211. The van der Waals surface area contributed by atoms with Gasteiger partial charge in [0.25, 0.3) is 0 Å². The lowest BCUT2D eigenvalue weighted by Crippen LogP contribution is -2.24. The molecule has 0 atom stereocenters. The first-order chi connectivity index (χ1) is 8.74. The highest BCUT2D eigenvalue weighted by molar-refractivity contribution is 5.82. The number of hydrogen-bond acceptors (Lipinski definition) is 3. The summed E-state index contributed by atoms with van der Waals surface area (Å²) in [7, 11) is 0. The molecule has 0 radical (unpaired) electrons. The molecule has 1 aliphatic rings. The maximum absolute atomic E-state index is 11.6. The molecule has 4 nitrogen and oxygen atoms in total. The van der Waals surface area contributed by atoms with Gasteiger partial charge in [0.15, 0.2) is 0 Å². The molecule has 2 N–H and O–H groups in total. The van der Waals surface area contributed by atoms with Crippen LogP contribution in [0.1, 0.15) is 18.4 Å². The van der Waals surface area contributed by atoms with E-state index in [0.29, 0.717) is 18.8 Å². The fourth-order valence-electron chi connectivity index (χ4n) is 2.38. The first kappa shape index (κ1) is 11.0. The van der Waals surface area contributed by atoms with E-state index in [4.69, 9.17) is 5.73 Å². The van der Waals surface area contributed by atoms with Crippen LogP contribution in [0.15, 0.2) is 30.3 Å². The van der Waals surface area contributed by atoms with E-state index in [1.165, 1.54) is 0 Å². The molecule has 3 rings (SSSR count). The fraction of sp³-hybridized carbons (Fsp3) is 0.286. The molecular formula is C14H15N3O. The lowest BCUT2D eigenvalue weighted by Gasteiger charge is -2.16. The van der Waals surface area contributed by atoms with Crippen LogP contribution in [-0.2, 0) is 11.3 Å². The fourth-order valence-corrected chi connectivity index (χ4v) is 2.38. The van der Waals surface area contributed by atoms with Gasteiger partial charge in [-0.25, -0.2) is 4.98 Å². The van der Waals surface area contributed by atoms with Gasteiger partial charge in [-0.2, -0.15) is 0 Å². The summed E-state index contributed by atoms with van der Waals surface area (Å²) in [4.78, 5) is 17.9. The number of para-hydroxylation sites is 1. The maximum Gasteiger partial charge on any atom is 0.222 e. The Morgan fingerprint density at radius 2 is 2.17 bits per heavy atom. The summed E-state index contributed by atoms with van der Waals surface area (Å²) in [6.45, 7) is 1.40. The summed E-state index contributed by atoms with van der Waals surface area (Å²) >= 11 is 0. The number of carbonyl (C=O) groups excluding carboxylic acids is 1. The number of anilines is 1. The van der Waals surface area contributed by atoms with Crippen molar-refractivity contribution in [1.29, 1.82) is 0 Å². The standard InChI is InChI=1S/C14H15N3O/c15-14-11(9-17-7-3-6-13(17)18)8-10-4-1-2-5-12(10)16-14/h1-2,4-5,8H,3,6-7,9H2,(H2,15,16). The third-order valence-electron chi connectivity index (χ3n) is 3.37. The number of aromatic nitrogens is 1. The number of benzene rings is 1. The average molecular weight is 241 g/mol. The van der Waals surface area contributed by atoms with Crippen LogP contribution >= 0.6 is 0 Å². The second-order valence-corrected chi connectivity index (χ2v) is 4.64. The first-order valence-electron chi connectivity index (χ1n) is 6.16. The highest BCUT2D eigenvalue weighted by Crippen LogP contribution is 2.21. The predicted octanol–water partition coefficient (Wildman–Crippen LogP) is 1.94. The lowest BCUT2D eigenvalue weighted by atomic mass is 10.1. The molecular weight excluding hydrogens is 226 g/mol. The summed E-state index contributed by atoms with van der Waals surface area (Å²) in [5.74, 6) is 0.732. The van der Waals surface area contributed by atoms with Crippen molar-refractivity contribution < 1.29 is 4.79 Å². The number of amides is 1. The van der Waals surface area contributed by atoms with Crippen LogP contribution in [-0.4, -0.2) is 22.3 Å². The number of nitrogens with zero attached hydrogens (tertiary/aromatic N) is 2. The van der Waals surface area contributed by atoms with E-state index in [1.54, 1.807) is 0 Å². The molecule has 4 heteroatoms. The van der Waals surface area contributed by atoms with Gasteiger partial charge >= 0.3 is 0 Å². The van der Waals surface area contributed by atoms with Crippen molar-refractivity contribution in [3.63, 3.8) is 0 Å². The summed E-state index contributed by atoms with van der Waals surface area (Å²) < 4.78 is 0. The Balaban J connectivity index is 1.96. The smallest absolute Gasteiger partial charge is 0.222 e. The summed E-state index contributed by atoms with van der Waals surface area (Å²) in [5, 5.41) is 1.06. The molecule has 1 saturated heterocycles. The second-order valence-electron chi connectivity index (χ2n) is 4.64. The molecule has 1 aromatic heterocycles. The van der Waals surface area contributed by atoms with Crippen molar-refractivity contribution >= 4 is 22.6 Å². The third kappa shape index (κ3) is 1.90. The Morgan fingerprint density at radius 1 is 1.33 bits per heavy atom. The lowest BCUT2D eigenvalue weighted by molar-refractivity contribution is -0.128. The molecule has 0 aliphatic carbocycles. The van der Waals surface area contributed by atoms with E-state index in [2.05, 4.69) is 4.98 Å². The quantitative estimate of drug-likeness (QED) is 0.874. The largest absolute Gasteiger partial charge is 0.383 e. The second kappa shape index (κ2) is 4.29. The highest BCUT2D eigenvalue weighted by Gasteiger charge is 2.21. The Morgan fingerprint density at radius 3 is 2.94 bits per heavy atom. The molecule has 0 unspecified atom stereocenters. The van der Waals surface area contributed by atoms with E-state index in [9.17, 15) is 4.79 Å². The van der Waals surface area contributed by atoms with Crippen LogP contribution in [0, 0.1) is 0 Å². The van der Waals surface area contributed by atoms with Crippen molar-refractivity contribution in [2.75, 3.05) is 12.3 Å². The number of carbonyl (C=O) groups is 1. The number of likely N-dealkylation sites (tertiary alicyclic amines) is 1. The molecule has 1 amide bonds. The van der Waals surface area contributed by atoms with Crippen molar-refractivity contribution in [2.45, 2.75) is 19.4 Å². The summed E-state index contributed by atoms with van der Waals surface area (Å²) in [6, 6.07) is 9.90. The Labute approximate surface area is 105 Å². The van der Waals surface area contributed by atoms with Gasteiger partial charge in [0.2, 0.25) is 5.91 Å². The molecule has 1 aromatic carbocycles. The molecule has 18 heavy (non-hydrogen) atoms. The monoisotopic (exact) mass is 241 g/mol. The van der Waals surface area contributed by atoms with E-state index in [0.717, 1.165) is 29.4 Å². The molecule has 0 saturated carbocycles. The SMILES string of the molecule is Nc1nc2ccccc2cc1CN1CCCC1=O. The number of hydrogen-bond donors (Lipinski definition) is 1. The van der Waals surface area contributed by atoms with Gasteiger partial charge < -0.3 is 10.6 Å². The van der Waals surface area contributed by atoms with E-state index < -0.39 is 0 Å². The van der Waals surface area contributed by atoms with Gasteiger partial charge in [-0.05, 0) is 18.6 Å². The van der Waals surface area contributed by atoms with Crippen molar-refractivity contribution in [2.24, 2.45) is 0 Å². The molecule has 1 aliphatic heterocycles. The van der Waals surface area contributed by atoms with Gasteiger partial charge in [-0.15, -0.1) is 0 Å². The number of nitrogens with two attached hydrogens (primary N) is 1. The zero-order valence-electron chi connectivity index (χ0n) is 10.1. The van der Waals surface area contributed by atoms with E-state index in [-0.39, 0.29) is 5.91 Å². The summed E-state index contributed by atoms with van der Waals surface area (Å²) in [6.07, 6.45) is 1.60. The summed E-state index contributed by atoms with van der Waals surface area (Å²) in [5.41, 5.74) is 7.79. The Kier molecular flexibility index (Phi) is 2.63.